The van der Waals surface area contributed by atoms with Crippen molar-refractivity contribution in [2.75, 3.05) is 0 Å². The second-order valence-corrected chi connectivity index (χ2v) is 5.10. The average Bonchev–Trinajstić information content (AvgIpc) is 2.42. The summed E-state index contributed by atoms with van der Waals surface area (Å²) in [5.41, 5.74) is 1.33. The van der Waals surface area contributed by atoms with E-state index in [4.69, 9.17) is 16.3 Å². The van der Waals surface area contributed by atoms with E-state index in [1.54, 1.807) is 0 Å². The number of hydrogen-bond acceptors (Lipinski definition) is 1. The molecule has 0 saturated heterocycles. The van der Waals surface area contributed by atoms with Gasteiger partial charge in [0, 0.05) is 5.02 Å². The number of halogens is 1. The SMILES string of the molecule is [CH2]CCC(C)c1ccc(Oc2ccc(Cl)cc2)cc1. The first-order valence-corrected chi connectivity index (χ1v) is 6.89. The Hall–Kier alpha value is -1.47. The highest BCUT2D eigenvalue weighted by Gasteiger charge is 2.04. The molecule has 0 saturated carbocycles. The molecule has 2 aromatic carbocycles. The molecule has 1 atom stereocenters. The van der Waals surface area contributed by atoms with Crippen molar-refractivity contribution >= 4 is 11.6 Å². The molecule has 0 aliphatic carbocycles. The van der Waals surface area contributed by atoms with Crippen LogP contribution in [0.1, 0.15) is 31.2 Å². The van der Waals surface area contributed by atoms with Gasteiger partial charge in [-0.2, -0.15) is 0 Å². The van der Waals surface area contributed by atoms with Gasteiger partial charge >= 0.3 is 0 Å². The maximum Gasteiger partial charge on any atom is 0.127 e. The molecule has 0 aromatic heterocycles. The minimum absolute atomic E-state index is 0.544. The summed E-state index contributed by atoms with van der Waals surface area (Å²) in [4.78, 5) is 0. The fourth-order valence-electron chi connectivity index (χ4n) is 1.98. The van der Waals surface area contributed by atoms with Gasteiger partial charge in [-0.1, -0.05) is 44.0 Å². The van der Waals surface area contributed by atoms with Crippen molar-refractivity contribution in [2.45, 2.75) is 25.7 Å². The van der Waals surface area contributed by atoms with Gasteiger partial charge in [0.2, 0.25) is 0 Å². The van der Waals surface area contributed by atoms with E-state index in [1.807, 2.05) is 36.4 Å². The molecule has 1 radical (unpaired) electrons. The molecular weight excluding hydrogens is 256 g/mol. The van der Waals surface area contributed by atoms with Gasteiger partial charge in [-0.25, -0.2) is 0 Å². The van der Waals surface area contributed by atoms with Crippen LogP contribution in [0.2, 0.25) is 5.02 Å². The van der Waals surface area contributed by atoms with Gasteiger partial charge in [-0.05, 0) is 54.3 Å². The lowest BCUT2D eigenvalue weighted by Gasteiger charge is -2.11. The lowest BCUT2D eigenvalue weighted by atomic mass is 9.97. The van der Waals surface area contributed by atoms with Crippen LogP contribution in [0.5, 0.6) is 11.5 Å². The van der Waals surface area contributed by atoms with E-state index in [2.05, 4.69) is 26.0 Å². The van der Waals surface area contributed by atoms with Gasteiger partial charge in [0.1, 0.15) is 11.5 Å². The predicted octanol–water partition coefficient (Wildman–Crippen LogP) is 5.85. The fourth-order valence-corrected chi connectivity index (χ4v) is 2.10. The van der Waals surface area contributed by atoms with Crippen LogP contribution in [0.15, 0.2) is 48.5 Å². The van der Waals surface area contributed by atoms with E-state index >= 15 is 0 Å². The molecule has 1 unspecified atom stereocenters. The lowest BCUT2D eigenvalue weighted by molar-refractivity contribution is 0.482. The van der Waals surface area contributed by atoms with E-state index in [0.717, 1.165) is 24.3 Å². The van der Waals surface area contributed by atoms with Crippen LogP contribution >= 0.6 is 11.6 Å². The van der Waals surface area contributed by atoms with E-state index in [0.29, 0.717) is 10.9 Å². The summed E-state index contributed by atoms with van der Waals surface area (Å²) in [6.45, 7) is 6.12. The van der Waals surface area contributed by atoms with Crippen LogP contribution in [0.3, 0.4) is 0 Å². The van der Waals surface area contributed by atoms with Gasteiger partial charge in [0.25, 0.3) is 0 Å². The van der Waals surface area contributed by atoms with Crippen LogP contribution in [0.4, 0.5) is 0 Å². The molecule has 2 rings (SSSR count). The molecule has 0 fully saturated rings. The molecule has 0 N–H and O–H groups in total. The second kappa shape index (κ2) is 6.63. The Morgan fingerprint density at radius 2 is 1.53 bits per heavy atom. The van der Waals surface area contributed by atoms with Crippen molar-refractivity contribution in [1.29, 1.82) is 0 Å². The Kier molecular flexibility index (Phi) is 4.86. The highest BCUT2D eigenvalue weighted by atomic mass is 35.5. The predicted molar refractivity (Wildman–Crippen MR) is 81.0 cm³/mol. The molecule has 99 valence electrons. The number of rotatable bonds is 5. The minimum atomic E-state index is 0.544. The molecule has 2 heteroatoms. The summed E-state index contributed by atoms with van der Waals surface area (Å²) in [7, 11) is 0. The largest absolute Gasteiger partial charge is 0.457 e. The van der Waals surface area contributed by atoms with Gasteiger partial charge in [0.05, 0.1) is 0 Å². The van der Waals surface area contributed by atoms with Gasteiger partial charge in [-0.15, -0.1) is 0 Å². The van der Waals surface area contributed by atoms with Gasteiger partial charge < -0.3 is 4.74 Å². The monoisotopic (exact) mass is 273 g/mol. The van der Waals surface area contributed by atoms with Crippen LogP contribution < -0.4 is 4.74 Å². The highest BCUT2D eigenvalue weighted by molar-refractivity contribution is 6.30. The molecule has 0 aliphatic heterocycles. The highest BCUT2D eigenvalue weighted by Crippen LogP contribution is 2.26. The third-order valence-corrected chi connectivity index (χ3v) is 3.39. The van der Waals surface area contributed by atoms with Crippen LogP contribution in [0.25, 0.3) is 0 Å². The number of ether oxygens (including phenoxy) is 1. The summed E-state index contributed by atoms with van der Waals surface area (Å²) >= 11 is 5.84. The number of benzene rings is 2. The molecule has 0 amide bonds. The number of hydrogen-bond donors (Lipinski definition) is 0. The van der Waals surface area contributed by atoms with Crippen molar-refractivity contribution in [2.24, 2.45) is 0 Å². The topological polar surface area (TPSA) is 9.23 Å². The van der Waals surface area contributed by atoms with Crippen LogP contribution in [-0.2, 0) is 0 Å². The standard InChI is InChI=1S/C17H18ClO/c1-3-4-13(2)14-5-9-16(10-6-14)19-17-11-7-15(18)8-12-17/h5-13H,1,3-4H2,2H3. The first kappa shape index (κ1) is 14.0. The lowest BCUT2D eigenvalue weighted by Crippen LogP contribution is -1.92. The molecule has 0 aliphatic rings. The van der Waals surface area contributed by atoms with E-state index in [1.165, 1.54) is 5.56 Å². The van der Waals surface area contributed by atoms with Crippen molar-refractivity contribution in [1.82, 2.24) is 0 Å². The zero-order valence-corrected chi connectivity index (χ0v) is 11.9. The summed E-state index contributed by atoms with van der Waals surface area (Å²) in [5, 5.41) is 0.713. The van der Waals surface area contributed by atoms with Crippen LogP contribution in [-0.4, -0.2) is 0 Å². The smallest absolute Gasteiger partial charge is 0.127 e. The Bertz CT molecular complexity index is 502. The average molecular weight is 274 g/mol. The van der Waals surface area contributed by atoms with E-state index in [9.17, 15) is 0 Å². The third-order valence-electron chi connectivity index (χ3n) is 3.14. The maximum absolute atomic E-state index is 5.84. The summed E-state index contributed by atoms with van der Waals surface area (Å²) in [6, 6.07) is 15.6. The van der Waals surface area contributed by atoms with E-state index < -0.39 is 0 Å². The Labute approximate surface area is 120 Å². The minimum Gasteiger partial charge on any atom is -0.457 e. The fraction of sp³-hybridized carbons (Fsp3) is 0.235. The second-order valence-electron chi connectivity index (χ2n) is 4.67. The summed E-state index contributed by atoms with van der Waals surface area (Å²) < 4.78 is 5.76. The maximum atomic E-state index is 5.84. The van der Waals surface area contributed by atoms with Crippen molar-refractivity contribution in [3.8, 4) is 11.5 Å². The molecule has 0 heterocycles. The molecular formula is C17H18ClO. The zero-order valence-electron chi connectivity index (χ0n) is 11.1. The van der Waals surface area contributed by atoms with Gasteiger partial charge in [0.15, 0.2) is 0 Å². The van der Waals surface area contributed by atoms with Crippen molar-refractivity contribution in [3.63, 3.8) is 0 Å². The van der Waals surface area contributed by atoms with E-state index in [-0.39, 0.29) is 0 Å². The van der Waals surface area contributed by atoms with Crippen molar-refractivity contribution < 1.29 is 4.74 Å². The summed E-state index contributed by atoms with van der Waals surface area (Å²) in [5.74, 6) is 2.18. The molecule has 2 aromatic rings. The van der Waals surface area contributed by atoms with Crippen molar-refractivity contribution in [3.05, 3.63) is 66.0 Å². The molecule has 19 heavy (non-hydrogen) atoms. The van der Waals surface area contributed by atoms with Crippen LogP contribution in [0, 0.1) is 6.92 Å². The van der Waals surface area contributed by atoms with Gasteiger partial charge in [-0.3, -0.25) is 0 Å². The molecule has 0 spiro atoms. The summed E-state index contributed by atoms with van der Waals surface area (Å²) in [6.07, 6.45) is 2.07. The Morgan fingerprint density at radius 3 is 2.05 bits per heavy atom. The first-order chi connectivity index (χ1) is 9.19. The quantitative estimate of drug-likeness (QED) is 0.664. The molecule has 0 bridgehead atoms. The normalized spacial score (nSPS) is 12.2. The Balaban J connectivity index is 2.04. The first-order valence-electron chi connectivity index (χ1n) is 6.51. The zero-order chi connectivity index (χ0) is 13.7. The third kappa shape index (κ3) is 4.00. The molecule has 1 nitrogen and oxygen atoms in total. The Morgan fingerprint density at radius 1 is 1.00 bits per heavy atom.